The first-order valence-corrected chi connectivity index (χ1v) is 9.89. The van der Waals surface area contributed by atoms with Gasteiger partial charge in [-0.25, -0.2) is 4.79 Å². The van der Waals surface area contributed by atoms with E-state index in [9.17, 15) is 4.79 Å². The first-order chi connectivity index (χ1) is 12.6. The zero-order valence-electron chi connectivity index (χ0n) is 15.1. The van der Waals surface area contributed by atoms with Gasteiger partial charge in [0.1, 0.15) is 5.75 Å². The molecule has 0 heterocycles. The van der Waals surface area contributed by atoms with Crippen molar-refractivity contribution in [3.05, 3.63) is 64.1 Å². The number of ether oxygens (including phenoxy) is 1. The quantitative estimate of drug-likeness (QED) is 0.710. The van der Waals surface area contributed by atoms with Crippen LogP contribution in [0, 0.1) is 0 Å². The van der Waals surface area contributed by atoms with Crippen molar-refractivity contribution >= 4 is 22.0 Å². The minimum atomic E-state index is -0.0939. The van der Waals surface area contributed by atoms with Crippen LogP contribution < -0.4 is 10.1 Å². The molecule has 3 rings (SSSR count). The fraction of sp³-hybridized carbons (Fsp3) is 0.381. The predicted octanol–water partition coefficient (Wildman–Crippen LogP) is 5.11. The van der Waals surface area contributed by atoms with E-state index >= 15 is 0 Å². The fourth-order valence-corrected chi connectivity index (χ4v) is 3.46. The molecule has 1 saturated carbocycles. The molecule has 0 spiro atoms. The summed E-state index contributed by atoms with van der Waals surface area (Å²) in [5.41, 5.74) is 2.11. The second-order valence-electron chi connectivity index (χ2n) is 6.77. The van der Waals surface area contributed by atoms with Gasteiger partial charge in [0.25, 0.3) is 0 Å². The Balaban J connectivity index is 1.54. The highest BCUT2D eigenvalue weighted by molar-refractivity contribution is 9.10. The van der Waals surface area contributed by atoms with Crippen LogP contribution in [-0.2, 0) is 13.1 Å². The topological polar surface area (TPSA) is 41.6 Å². The second-order valence-corrected chi connectivity index (χ2v) is 7.69. The Kier molecular flexibility index (Phi) is 6.56. The second kappa shape index (κ2) is 9.08. The molecule has 5 heteroatoms. The lowest BCUT2D eigenvalue weighted by atomic mass is 10.2. The molecule has 0 unspecified atom stereocenters. The van der Waals surface area contributed by atoms with Crippen molar-refractivity contribution in [2.24, 2.45) is 0 Å². The van der Waals surface area contributed by atoms with Gasteiger partial charge >= 0.3 is 6.03 Å². The van der Waals surface area contributed by atoms with Crippen molar-refractivity contribution in [1.82, 2.24) is 10.2 Å². The van der Waals surface area contributed by atoms with Crippen molar-refractivity contribution in [2.45, 2.75) is 44.9 Å². The van der Waals surface area contributed by atoms with Crippen LogP contribution in [-0.4, -0.2) is 24.1 Å². The number of nitrogens with zero attached hydrogens (tertiary/aromatic N) is 1. The number of halogens is 1. The van der Waals surface area contributed by atoms with Crippen LogP contribution >= 0.6 is 15.9 Å². The van der Waals surface area contributed by atoms with Crippen LogP contribution in [0.25, 0.3) is 0 Å². The monoisotopic (exact) mass is 416 g/mol. The number of hydrogen-bond donors (Lipinski definition) is 1. The minimum absolute atomic E-state index is 0.0939. The summed E-state index contributed by atoms with van der Waals surface area (Å²) in [5, 5.41) is 2.99. The lowest BCUT2D eigenvalue weighted by Crippen LogP contribution is -2.36. The summed E-state index contributed by atoms with van der Waals surface area (Å²) in [6.45, 7) is 1.03. The van der Waals surface area contributed by atoms with Gasteiger partial charge in [0.05, 0.1) is 6.10 Å². The Bertz CT molecular complexity index is 727. The van der Waals surface area contributed by atoms with E-state index in [2.05, 4.69) is 21.2 Å². The van der Waals surface area contributed by atoms with Gasteiger partial charge in [-0.3, -0.25) is 0 Å². The Hall–Kier alpha value is -2.01. The Labute approximate surface area is 163 Å². The Morgan fingerprint density at radius 3 is 2.58 bits per heavy atom. The molecule has 2 aromatic carbocycles. The van der Waals surface area contributed by atoms with E-state index in [1.807, 2.05) is 48.5 Å². The number of urea groups is 1. The molecule has 2 amide bonds. The molecule has 2 aromatic rings. The van der Waals surface area contributed by atoms with Gasteiger partial charge in [-0.15, -0.1) is 0 Å². The first kappa shape index (κ1) is 18.8. The SMILES string of the molecule is CN(Cc1ccc(Br)cc1)C(=O)NCc1ccccc1OC1CCCC1. The molecule has 0 aromatic heterocycles. The van der Waals surface area contributed by atoms with Gasteiger partial charge in [0.15, 0.2) is 0 Å². The Morgan fingerprint density at radius 1 is 1.15 bits per heavy atom. The molecule has 4 nitrogen and oxygen atoms in total. The third-order valence-electron chi connectivity index (χ3n) is 4.68. The highest BCUT2D eigenvalue weighted by Gasteiger charge is 2.18. The maximum absolute atomic E-state index is 12.4. The van der Waals surface area contributed by atoms with Crippen molar-refractivity contribution in [2.75, 3.05) is 7.05 Å². The Morgan fingerprint density at radius 2 is 1.85 bits per heavy atom. The van der Waals surface area contributed by atoms with Crippen molar-refractivity contribution in [3.63, 3.8) is 0 Å². The molecule has 26 heavy (non-hydrogen) atoms. The van der Waals surface area contributed by atoms with Gasteiger partial charge in [-0.05, 0) is 49.4 Å². The largest absolute Gasteiger partial charge is 0.490 e. The van der Waals surface area contributed by atoms with Crippen LogP contribution in [0.3, 0.4) is 0 Å². The zero-order chi connectivity index (χ0) is 18.4. The number of carbonyl (C=O) groups excluding carboxylic acids is 1. The molecule has 138 valence electrons. The molecule has 1 aliphatic rings. The van der Waals surface area contributed by atoms with Gasteiger partial charge in [-0.2, -0.15) is 0 Å². The third kappa shape index (κ3) is 5.24. The highest BCUT2D eigenvalue weighted by atomic mass is 79.9. The summed E-state index contributed by atoms with van der Waals surface area (Å²) in [6, 6.07) is 15.9. The number of benzene rings is 2. The lowest BCUT2D eigenvalue weighted by Gasteiger charge is -2.20. The van der Waals surface area contributed by atoms with Crippen molar-refractivity contribution < 1.29 is 9.53 Å². The molecule has 1 fully saturated rings. The molecule has 0 radical (unpaired) electrons. The summed E-state index contributed by atoms with van der Waals surface area (Å²) in [5.74, 6) is 0.885. The number of rotatable bonds is 6. The van der Waals surface area contributed by atoms with E-state index < -0.39 is 0 Å². The molecular weight excluding hydrogens is 392 g/mol. The van der Waals surface area contributed by atoms with Crippen molar-refractivity contribution in [1.29, 1.82) is 0 Å². The van der Waals surface area contributed by atoms with E-state index in [-0.39, 0.29) is 6.03 Å². The van der Waals surface area contributed by atoms with Gasteiger partial charge in [0.2, 0.25) is 0 Å². The van der Waals surface area contributed by atoms with Crippen molar-refractivity contribution in [3.8, 4) is 5.75 Å². The normalized spacial score (nSPS) is 14.2. The fourth-order valence-electron chi connectivity index (χ4n) is 3.19. The summed E-state index contributed by atoms with van der Waals surface area (Å²) < 4.78 is 7.17. The number of nitrogens with one attached hydrogen (secondary N) is 1. The zero-order valence-corrected chi connectivity index (χ0v) is 16.7. The van der Waals surface area contributed by atoms with Crippen LogP contribution in [0.5, 0.6) is 5.75 Å². The average Bonchev–Trinajstić information content (AvgIpc) is 3.15. The molecule has 0 aliphatic heterocycles. The molecule has 1 N–H and O–H groups in total. The van der Waals surface area contributed by atoms with Gasteiger partial charge < -0.3 is 15.0 Å². The van der Waals surface area contributed by atoms with E-state index in [0.29, 0.717) is 19.2 Å². The minimum Gasteiger partial charge on any atom is -0.490 e. The van der Waals surface area contributed by atoms with Crippen LogP contribution in [0.2, 0.25) is 0 Å². The number of carbonyl (C=O) groups is 1. The van der Waals surface area contributed by atoms with E-state index in [1.54, 1.807) is 11.9 Å². The first-order valence-electron chi connectivity index (χ1n) is 9.10. The van der Waals surface area contributed by atoms with E-state index in [4.69, 9.17) is 4.74 Å². The highest BCUT2D eigenvalue weighted by Crippen LogP contribution is 2.26. The average molecular weight is 417 g/mol. The predicted molar refractivity (Wildman–Crippen MR) is 107 cm³/mol. The van der Waals surface area contributed by atoms with E-state index in [0.717, 1.165) is 34.2 Å². The smallest absolute Gasteiger partial charge is 0.317 e. The maximum atomic E-state index is 12.4. The molecule has 0 bridgehead atoms. The van der Waals surface area contributed by atoms with Crippen LogP contribution in [0.1, 0.15) is 36.8 Å². The summed E-state index contributed by atoms with van der Waals surface area (Å²) in [7, 11) is 1.80. The number of para-hydroxylation sites is 1. The standard InChI is InChI=1S/C21H25BrN2O2/c1-24(15-16-10-12-18(22)13-11-16)21(25)23-14-17-6-2-5-9-20(17)26-19-7-3-4-8-19/h2,5-6,9-13,19H,3-4,7-8,14-15H2,1H3,(H,23,25). The summed E-state index contributed by atoms with van der Waals surface area (Å²) in [4.78, 5) is 14.1. The van der Waals surface area contributed by atoms with Crippen LogP contribution in [0.4, 0.5) is 4.79 Å². The number of hydrogen-bond acceptors (Lipinski definition) is 2. The van der Waals surface area contributed by atoms with Gasteiger partial charge in [0, 0.05) is 30.2 Å². The lowest BCUT2D eigenvalue weighted by molar-refractivity contribution is 0.202. The summed E-state index contributed by atoms with van der Waals surface area (Å²) in [6.07, 6.45) is 5.04. The molecular formula is C21H25BrN2O2. The molecule has 0 atom stereocenters. The maximum Gasteiger partial charge on any atom is 0.317 e. The van der Waals surface area contributed by atoms with Crippen LogP contribution in [0.15, 0.2) is 53.0 Å². The molecule has 0 saturated heterocycles. The number of amides is 2. The molecule has 1 aliphatic carbocycles. The van der Waals surface area contributed by atoms with E-state index in [1.165, 1.54) is 12.8 Å². The third-order valence-corrected chi connectivity index (χ3v) is 5.21. The van der Waals surface area contributed by atoms with Gasteiger partial charge in [-0.1, -0.05) is 46.3 Å². The summed E-state index contributed by atoms with van der Waals surface area (Å²) >= 11 is 3.42.